The van der Waals surface area contributed by atoms with E-state index in [-0.39, 0.29) is 18.6 Å². The Kier molecular flexibility index (Phi) is 4.30. The number of aliphatic hydroxyl groups excluding tert-OH is 1. The molecule has 0 spiro atoms. The third kappa shape index (κ3) is 3.07. The molecule has 2 rings (SSSR count). The normalized spacial score (nSPS) is 17.9. The molecule has 0 radical (unpaired) electrons. The zero-order valence-electron chi connectivity index (χ0n) is 10.7. The molecule has 18 heavy (non-hydrogen) atoms. The Bertz CT molecular complexity index is 399. The first-order chi connectivity index (χ1) is 8.70. The van der Waals surface area contributed by atoms with E-state index in [4.69, 9.17) is 5.11 Å². The van der Waals surface area contributed by atoms with Gasteiger partial charge in [-0.1, -0.05) is 18.1 Å². The van der Waals surface area contributed by atoms with Crippen LogP contribution in [0.1, 0.15) is 44.3 Å². The Morgan fingerprint density at radius 3 is 3.00 bits per heavy atom. The summed E-state index contributed by atoms with van der Waals surface area (Å²) in [5.74, 6) is -0.0117. The molecule has 1 heterocycles. The molecule has 1 saturated carbocycles. The van der Waals surface area contributed by atoms with Gasteiger partial charge in [0.1, 0.15) is 6.04 Å². The SMILES string of the molecule is CC(C(=O)NC1CCCC1)n1cc(CCO)nn1. The van der Waals surface area contributed by atoms with Gasteiger partial charge in [0.25, 0.3) is 0 Å². The fourth-order valence-corrected chi connectivity index (χ4v) is 2.24. The lowest BCUT2D eigenvalue weighted by molar-refractivity contribution is -0.124. The van der Waals surface area contributed by atoms with Crippen molar-refractivity contribution in [2.24, 2.45) is 0 Å². The maximum Gasteiger partial charge on any atom is 0.244 e. The van der Waals surface area contributed by atoms with Gasteiger partial charge in [0, 0.05) is 25.3 Å². The standard InChI is InChI=1S/C12H20N4O2/c1-9(12(18)13-10-4-2-3-5-10)16-8-11(6-7-17)14-15-16/h8-10,17H,2-7H2,1H3,(H,13,18). The number of amides is 1. The molecule has 1 unspecified atom stereocenters. The van der Waals surface area contributed by atoms with E-state index < -0.39 is 0 Å². The van der Waals surface area contributed by atoms with Gasteiger partial charge in [-0.2, -0.15) is 0 Å². The van der Waals surface area contributed by atoms with E-state index in [0.717, 1.165) is 12.8 Å². The highest BCUT2D eigenvalue weighted by Crippen LogP contribution is 2.18. The number of hydrogen-bond donors (Lipinski definition) is 2. The summed E-state index contributed by atoms with van der Waals surface area (Å²) in [6.45, 7) is 1.85. The molecule has 0 bridgehead atoms. The maximum atomic E-state index is 12.0. The van der Waals surface area contributed by atoms with Gasteiger partial charge >= 0.3 is 0 Å². The minimum atomic E-state index is -0.356. The van der Waals surface area contributed by atoms with Gasteiger partial charge in [-0.3, -0.25) is 4.79 Å². The molecule has 1 aromatic rings. The van der Waals surface area contributed by atoms with Crippen LogP contribution < -0.4 is 5.32 Å². The summed E-state index contributed by atoms with van der Waals surface area (Å²) in [5, 5.41) is 19.7. The highest BCUT2D eigenvalue weighted by Gasteiger charge is 2.22. The maximum absolute atomic E-state index is 12.0. The Hall–Kier alpha value is -1.43. The predicted molar refractivity (Wildman–Crippen MR) is 65.9 cm³/mol. The van der Waals surface area contributed by atoms with Crippen molar-refractivity contribution in [2.45, 2.75) is 51.1 Å². The predicted octanol–water partition coefficient (Wildman–Crippen LogP) is 0.433. The molecule has 100 valence electrons. The largest absolute Gasteiger partial charge is 0.396 e. The topological polar surface area (TPSA) is 80.0 Å². The van der Waals surface area contributed by atoms with Crippen LogP contribution in [0.2, 0.25) is 0 Å². The van der Waals surface area contributed by atoms with Gasteiger partial charge in [-0.25, -0.2) is 4.68 Å². The summed E-state index contributed by atoms with van der Waals surface area (Å²) in [4.78, 5) is 12.0. The van der Waals surface area contributed by atoms with Crippen LogP contribution >= 0.6 is 0 Å². The Balaban J connectivity index is 1.91. The summed E-state index contributed by atoms with van der Waals surface area (Å²) in [5.41, 5.74) is 0.706. The van der Waals surface area contributed by atoms with Crippen LogP contribution in [0.25, 0.3) is 0 Å². The highest BCUT2D eigenvalue weighted by molar-refractivity contribution is 5.80. The third-order valence-electron chi connectivity index (χ3n) is 3.40. The first kappa shape index (κ1) is 13.0. The molecule has 1 aliphatic carbocycles. The molecule has 1 fully saturated rings. The zero-order chi connectivity index (χ0) is 13.0. The average Bonchev–Trinajstić information content (AvgIpc) is 3.00. The van der Waals surface area contributed by atoms with Crippen LogP contribution in [0.15, 0.2) is 6.20 Å². The van der Waals surface area contributed by atoms with Crippen molar-refractivity contribution in [3.63, 3.8) is 0 Å². The number of nitrogens with zero attached hydrogens (tertiary/aromatic N) is 3. The Labute approximate surface area is 106 Å². The van der Waals surface area contributed by atoms with Gasteiger partial charge in [0.15, 0.2) is 0 Å². The molecule has 0 aliphatic heterocycles. The lowest BCUT2D eigenvalue weighted by Gasteiger charge is -2.16. The third-order valence-corrected chi connectivity index (χ3v) is 3.40. The van der Waals surface area contributed by atoms with Crippen molar-refractivity contribution in [1.29, 1.82) is 0 Å². The van der Waals surface area contributed by atoms with E-state index in [2.05, 4.69) is 15.6 Å². The molecular formula is C12H20N4O2. The van der Waals surface area contributed by atoms with Crippen molar-refractivity contribution in [3.8, 4) is 0 Å². The number of aromatic nitrogens is 3. The van der Waals surface area contributed by atoms with Crippen molar-refractivity contribution in [1.82, 2.24) is 20.3 Å². The first-order valence-electron chi connectivity index (χ1n) is 6.52. The second-order valence-electron chi connectivity index (χ2n) is 4.83. The quantitative estimate of drug-likeness (QED) is 0.796. The molecule has 1 amide bonds. The fourth-order valence-electron chi connectivity index (χ4n) is 2.24. The summed E-state index contributed by atoms with van der Waals surface area (Å²) in [7, 11) is 0. The lowest BCUT2D eigenvalue weighted by atomic mass is 10.2. The van der Waals surface area contributed by atoms with E-state index in [0.29, 0.717) is 18.2 Å². The summed E-state index contributed by atoms with van der Waals surface area (Å²) >= 11 is 0. The van der Waals surface area contributed by atoms with Crippen molar-refractivity contribution >= 4 is 5.91 Å². The average molecular weight is 252 g/mol. The van der Waals surface area contributed by atoms with Crippen molar-refractivity contribution in [3.05, 3.63) is 11.9 Å². The van der Waals surface area contributed by atoms with E-state index >= 15 is 0 Å². The van der Waals surface area contributed by atoms with Crippen molar-refractivity contribution < 1.29 is 9.90 Å². The minimum absolute atomic E-state index is 0.0117. The highest BCUT2D eigenvalue weighted by atomic mass is 16.3. The number of aliphatic hydroxyl groups is 1. The second kappa shape index (κ2) is 5.95. The van der Waals surface area contributed by atoms with Gasteiger partial charge in [0.05, 0.1) is 5.69 Å². The summed E-state index contributed by atoms with van der Waals surface area (Å²) < 4.78 is 1.55. The number of carbonyl (C=O) groups is 1. The molecule has 6 heteroatoms. The van der Waals surface area contributed by atoms with E-state index in [9.17, 15) is 4.79 Å². The minimum Gasteiger partial charge on any atom is -0.396 e. The molecule has 1 aromatic heterocycles. The van der Waals surface area contributed by atoms with Gasteiger partial charge < -0.3 is 10.4 Å². The Morgan fingerprint density at radius 1 is 1.61 bits per heavy atom. The van der Waals surface area contributed by atoms with Crippen LogP contribution in [0.3, 0.4) is 0 Å². The second-order valence-corrected chi connectivity index (χ2v) is 4.83. The molecule has 0 saturated heterocycles. The van der Waals surface area contributed by atoms with Crippen molar-refractivity contribution in [2.75, 3.05) is 6.61 Å². The molecule has 6 nitrogen and oxygen atoms in total. The molecular weight excluding hydrogens is 232 g/mol. The van der Waals surface area contributed by atoms with Crippen LogP contribution in [0.5, 0.6) is 0 Å². The summed E-state index contributed by atoms with van der Waals surface area (Å²) in [6.07, 6.45) is 6.73. The first-order valence-corrected chi connectivity index (χ1v) is 6.52. The number of hydrogen-bond acceptors (Lipinski definition) is 4. The molecule has 2 N–H and O–H groups in total. The van der Waals surface area contributed by atoms with E-state index in [1.54, 1.807) is 10.9 Å². The number of nitrogens with one attached hydrogen (secondary N) is 1. The molecule has 0 aromatic carbocycles. The smallest absolute Gasteiger partial charge is 0.244 e. The molecule has 1 atom stereocenters. The van der Waals surface area contributed by atoms with Crippen LogP contribution in [-0.2, 0) is 11.2 Å². The summed E-state index contributed by atoms with van der Waals surface area (Å²) in [6, 6.07) is -0.0362. The lowest BCUT2D eigenvalue weighted by Crippen LogP contribution is -2.37. The van der Waals surface area contributed by atoms with Gasteiger partial charge in [0.2, 0.25) is 5.91 Å². The fraction of sp³-hybridized carbons (Fsp3) is 0.750. The van der Waals surface area contributed by atoms with Crippen LogP contribution in [-0.4, -0.2) is 38.7 Å². The van der Waals surface area contributed by atoms with Crippen LogP contribution in [0.4, 0.5) is 0 Å². The monoisotopic (exact) mass is 252 g/mol. The Morgan fingerprint density at radius 2 is 2.33 bits per heavy atom. The molecule has 1 aliphatic rings. The van der Waals surface area contributed by atoms with Gasteiger partial charge in [-0.05, 0) is 19.8 Å². The van der Waals surface area contributed by atoms with E-state index in [1.165, 1.54) is 12.8 Å². The van der Waals surface area contributed by atoms with E-state index in [1.807, 2.05) is 6.92 Å². The number of rotatable bonds is 5. The van der Waals surface area contributed by atoms with Gasteiger partial charge in [-0.15, -0.1) is 5.10 Å². The van der Waals surface area contributed by atoms with Crippen LogP contribution in [0, 0.1) is 0 Å². The zero-order valence-corrected chi connectivity index (χ0v) is 10.7. The number of carbonyl (C=O) groups excluding carboxylic acids is 1.